The monoisotopic (exact) mass is 243 g/mol. The molecule has 0 aliphatic rings. The van der Waals surface area contributed by atoms with Gasteiger partial charge in [-0.1, -0.05) is 29.8 Å². The summed E-state index contributed by atoms with van der Waals surface area (Å²) in [5.74, 6) is 0.804. The summed E-state index contributed by atoms with van der Waals surface area (Å²) >= 11 is 6.18. The van der Waals surface area contributed by atoms with Gasteiger partial charge in [-0.05, 0) is 24.3 Å². The lowest BCUT2D eigenvalue weighted by Gasteiger charge is -2.04. The summed E-state index contributed by atoms with van der Waals surface area (Å²) in [7, 11) is 0. The number of nitrogens with zero attached hydrogens (tertiary/aromatic N) is 2. The smallest absolute Gasteiger partial charge is 0.145 e. The van der Waals surface area contributed by atoms with Gasteiger partial charge in [0.15, 0.2) is 0 Å². The first kappa shape index (κ1) is 10.2. The van der Waals surface area contributed by atoms with Crippen molar-refractivity contribution in [3.8, 4) is 11.4 Å². The van der Waals surface area contributed by atoms with Crippen LogP contribution in [0.2, 0.25) is 5.15 Å². The van der Waals surface area contributed by atoms with Crippen molar-refractivity contribution < 1.29 is 0 Å². The number of anilines is 1. The Hall–Kier alpha value is -2.00. The molecule has 2 N–H and O–H groups in total. The van der Waals surface area contributed by atoms with Crippen molar-refractivity contribution in [2.45, 2.75) is 0 Å². The molecule has 0 saturated heterocycles. The SMILES string of the molecule is Nc1cccc(-c2ncc3cccc(Cl)n23)c1. The molecule has 0 aliphatic heterocycles. The molecule has 0 spiro atoms. The highest BCUT2D eigenvalue weighted by Crippen LogP contribution is 2.24. The van der Waals surface area contributed by atoms with Crippen LogP contribution in [-0.4, -0.2) is 9.38 Å². The Morgan fingerprint density at radius 3 is 2.76 bits per heavy atom. The highest BCUT2D eigenvalue weighted by molar-refractivity contribution is 6.30. The molecule has 0 radical (unpaired) electrons. The highest BCUT2D eigenvalue weighted by Gasteiger charge is 2.08. The summed E-state index contributed by atoms with van der Waals surface area (Å²) in [6.07, 6.45) is 1.80. The van der Waals surface area contributed by atoms with Gasteiger partial charge in [0.05, 0.1) is 11.7 Å². The molecule has 3 aromatic rings. The van der Waals surface area contributed by atoms with Crippen molar-refractivity contribution in [2.24, 2.45) is 0 Å². The lowest BCUT2D eigenvalue weighted by atomic mass is 10.2. The number of nitrogen functional groups attached to an aromatic ring is 1. The molecule has 0 atom stereocenters. The van der Waals surface area contributed by atoms with E-state index < -0.39 is 0 Å². The molecule has 0 aliphatic carbocycles. The van der Waals surface area contributed by atoms with Crippen molar-refractivity contribution in [3.63, 3.8) is 0 Å². The van der Waals surface area contributed by atoms with Crippen LogP contribution in [0.25, 0.3) is 16.9 Å². The number of halogens is 1. The first-order chi connectivity index (χ1) is 8.25. The minimum Gasteiger partial charge on any atom is -0.399 e. The van der Waals surface area contributed by atoms with Gasteiger partial charge in [-0.15, -0.1) is 0 Å². The van der Waals surface area contributed by atoms with E-state index in [4.69, 9.17) is 17.3 Å². The Morgan fingerprint density at radius 1 is 1.12 bits per heavy atom. The molecule has 2 aromatic heterocycles. The quantitative estimate of drug-likeness (QED) is 0.527. The third-order valence-electron chi connectivity index (χ3n) is 2.65. The molecule has 3 rings (SSSR count). The Labute approximate surface area is 103 Å². The van der Waals surface area contributed by atoms with Crippen molar-refractivity contribution in [2.75, 3.05) is 5.73 Å². The van der Waals surface area contributed by atoms with E-state index in [2.05, 4.69) is 4.98 Å². The van der Waals surface area contributed by atoms with E-state index in [1.54, 1.807) is 6.20 Å². The molecular weight excluding hydrogens is 234 g/mol. The van der Waals surface area contributed by atoms with E-state index in [1.807, 2.05) is 46.9 Å². The minimum atomic E-state index is 0.637. The molecular formula is C13H10ClN3. The second kappa shape index (κ2) is 3.79. The molecule has 0 amide bonds. The maximum absolute atomic E-state index is 6.18. The molecule has 0 bridgehead atoms. The standard InChI is InChI=1S/C13H10ClN3/c14-12-6-2-5-11-8-16-13(17(11)12)9-3-1-4-10(15)7-9/h1-8H,15H2. The normalized spacial score (nSPS) is 10.9. The predicted octanol–water partition coefficient (Wildman–Crippen LogP) is 3.24. The fourth-order valence-electron chi connectivity index (χ4n) is 1.89. The van der Waals surface area contributed by atoms with Crippen molar-refractivity contribution in [3.05, 3.63) is 53.8 Å². The van der Waals surface area contributed by atoms with Crippen LogP contribution in [0.15, 0.2) is 48.7 Å². The highest BCUT2D eigenvalue weighted by atomic mass is 35.5. The van der Waals surface area contributed by atoms with Crippen molar-refractivity contribution >= 4 is 22.8 Å². The lowest BCUT2D eigenvalue weighted by molar-refractivity contribution is 1.16. The van der Waals surface area contributed by atoms with Gasteiger partial charge in [-0.2, -0.15) is 0 Å². The largest absolute Gasteiger partial charge is 0.399 e. The first-order valence-corrected chi connectivity index (χ1v) is 5.61. The Kier molecular flexibility index (Phi) is 2.27. The molecule has 1 aromatic carbocycles. The zero-order valence-electron chi connectivity index (χ0n) is 8.97. The van der Waals surface area contributed by atoms with Gasteiger partial charge in [0.2, 0.25) is 0 Å². The van der Waals surface area contributed by atoms with Gasteiger partial charge >= 0.3 is 0 Å². The third kappa shape index (κ3) is 1.65. The minimum absolute atomic E-state index is 0.637. The molecule has 4 heteroatoms. The summed E-state index contributed by atoms with van der Waals surface area (Å²) in [5, 5.41) is 0.637. The summed E-state index contributed by atoms with van der Waals surface area (Å²) < 4.78 is 1.90. The topological polar surface area (TPSA) is 43.3 Å². The number of pyridine rings is 1. The maximum Gasteiger partial charge on any atom is 0.145 e. The van der Waals surface area contributed by atoms with Crippen LogP contribution in [0.4, 0.5) is 5.69 Å². The Morgan fingerprint density at radius 2 is 1.94 bits per heavy atom. The fraction of sp³-hybridized carbons (Fsp3) is 0. The summed E-state index contributed by atoms with van der Waals surface area (Å²) in [4.78, 5) is 4.39. The van der Waals surface area contributed by atoms with Gasteiger partial charge in [-0.3, -0.25) is 4.40 Å². The molecule has 3 nitrogen and oxygen atoms in total. The van der Waals surface area contributed by atoms with Crippen LogP contribution < -0.4 is 5.73 Å². The van der Waals surface area contributed by atoms with E-state index in [-0.39, 0.29) is 0 Å². The van der Waals surface area contributed by atoms with Gasteiger partial charge in [0.25, 0.3) is 0 Å². The van der Waals surface area contributed by atoms with Crippen LogP contribution in [0, 0.1) is 0 Å². The molecule has 0 fully saturated rings. The van der Waals surface area contributed by atoms with Crippen LogP contribution in [0.5, 0.6) is 0 Å². The van der Waals surface area contributed by atoms with E-state index in [1.165, 1.54) is 0 Å². The van der Waals surface area contributed by atoms with Crippen molar-refractivity contribution in [1.29, 1.82) is 0 Å². The fourth-order valence-corrected chi connectivity index (χ4v) is 2.14. The number of imidazole rings is 1. The number of aromatic nitrogens is 2. The van der Waals surface area contributed by atoms with E-state index >= 15 is 0 Å². The Bertz CT molecular complexity index is 688. The second-order valence-electron chi connectivity index (χ2n) is 3.82. The molecule has 2 heterocycles. The zero-order valence-corrected chi connectivity index (χ0v) is 9.72. The van der Waals surface area contributed by atoms with E-state index in [0.717, 1.165) is 16.9 Å². The van der Waals surface area contributed by atoms with E-state index in [0.29, 0.717) is 10.8 Å². The number of fused-ring (bicyclic) bond motifs is 1. The second-order valence-corrected chi connectivity index (χ2v) is 4.20. The average molecular weight is 244 g/mol. The van der Waals surface area contributed by atoms with Gasteiger partial charge in [0, 0.05) is 11.3 Å². The molecule has 0 unspecified atom stereocenters. The third-order valence-corrected chi connectivity index (χ3v) is 2.94. The van der Waals surface area contributed by atoms with Gasteiger partial charge < -0.3 is 5.73 Å². The predicted molar refractivity (Wildman–Crippen MR) is 70.1 cm³/mol. The number of rotatable bonds is 1. The lowest BCUT2D eigenvalue weighted by Crippen LogP contribution is -1.92. The number of benzene rings is 1. The summed E-state index contributed by atoms with van der Waals surface area (Å²) in [5.41, 5.74) is 8.42. The molecule has 0 saturated carbocycles. The number of nitrogens with two attached hydrogens (primary N) is 1. The van der Waals surface area contributed by atoms with Crippen LogP contribution in [0.3, 0.4) is 0 Å². The molecule has 17 heavy (non-hydrogen) atoms. The first-order valence-electron chi connectivity index (χ1n) is 5.23. The number of hydrogen-bond donors (Lipinski definition) is 1. The van der Waals surface area contributed by atoms with Gasteiger partial charge in [-0.25, -0.2) is 4.98 Å². The average Bonchev–Trinajstić information content (AvgIpc) is 2.74. The van der Waals surface area contributed by atoms with Crippen molar-refractivity contribution in [1.82, 2.24) is 9.38 Å². The zero-order chi connectivity index (χ0) is 11.8. The van der Waals surface area contributed by atoms with Gasteiger partial charge in [0.1, 0.15) is 11.0 Å². The molecule has 84 valence electrons. The van der Waals surface area contributed by atoms with E-state index in [9.17, 15) is 0 Å². The van der Waals surface area contributed by atoms with Crippen LogP contribution >= 0.6 is 11.6 Å². The summed E-state index contributed by atoms with van der Waals surface area (Å²) in [6, 6.07) is 13.3. The van der Waals surface area contributed by atoms with Crippen LogP contribution in [-0.2, 0) is 0 Å². The maximum atomic E-state index is 6.18. The summed E-state index contributed by atoms with van der Waals surface area (Å²) in [6.45, 7) is 0. The van der Waals surface area contributed by atoms with Crippen LogP contribution in [0.1, 0.15) is 0 Å². The number of hydrogen-bond acceptors (Lipinski definition) is 2. The Balaban J connectivity index is 2.31.